The molecule has 0 aliphatic heterocycles. The molecule has 25 nitrogen and oxygen atoms in total. The van der Waals surface area contributed by atoms with Crippen molar-refractivity contribution in [2.75, 3.05) is 25.4 Å². The van der Waals surface area contributed by atoms with Crippen LogP contribution in [0.2, 0.25) is 0 Å². The van der Waals surface area contributed by atoms with Crippen molar-refractivity contribution in [3.63, 3.8) is 0 Å². The van der Waals surface area contributed by atoms with Crippen LogP contribution < -0.4 is 60.2 Å². The fourth-order valence-corrected chi connectivity index (χ4v) is 6.29. The van der Waals surface area contributed by atoms with E-state index in [-0.39, 0.29) is 62.8 Å². The van der Waals surface area contributed by atoms with Gasteiger partial charge in [-0.15, -0.1) is 0 Å². The third-order valence-corrected chi connectivity index (χ3v) is 10.6. The molecule has 0 spiro atoms. The number of thiol groups is 1. The van der Waals surface area contributed by atoms with Gasteiger partial charge in [0.1, 0.15) is 42.3 Å². The summed E-state index contributed by atoms with van der Waals surface area (Å²) < 4.78 is 0. The lowest BCUT2D eigenvalue weighted by Gasteiger charge is -2.28. The summed E-state index contributed by atoms with van der Waals surface area (Å²) in [6.45, 7) is 7.53. The van der Waals surface area contributed by atoms with Crippen LogP contribution in [0.15, 0.2) is 17.5 Å². The molecule has 368 valence electrons. The number of amides is 7. The molecule has 0 fully saturated rings. The Bertz CT molecular complexity index is 1730. The Morgan fingerprint density at radius 3 is 1.78 bits per heavy atom. The molecule has 0 aliphatic carbocycles. The molecule has 26 heteroatoms. The molecule has 0 saturated heterocycles. The minimum Gasteiger partial charge on any atom is -0.480 e. The maximum Gasteiger partial charge on any atom is 0.326 e. The maximum absolute atomic E-state index is 13.8. The number of hydrogen-bond acceptors (Lipinski definition) is 15. The Morgan fingerprint density at radius 2 is 1.26 bits per heavy atom. The van der Waals surface area contributed by atoms with Gasteiger partial charge >= 0.3 is 5.97 Å². The van der Waals surface area contributed by atoms with E-state index in [1.807, 2.05) is 6.92 Å². The summed E-state index contributed by atoms with van der Waals surface area (Å²) in [6.07, 6.45) is 2.26. The highest BCUT2D eigenvalue weighted by molar-refractivity contribution is 7.80. The topological polar surface area (TPSA) is 427 Å². The summed E-state index contributed by atoms with van der Waals surface area (Å²) in [6, 6.07) is -11.0. The van der Waals surface area contributed by atoms with Gasteiger partial charge < -0.3 is 80.5 Å². The molecule has 65 heavy (non-hydrogen) atoms. The molecular formula is C39H70N14O11S. The van der Waals surface area contributed by atoms with E-state index in [0.717, 1.165) is 0 Å². The minimum atomic E-state index is -1.71. The minimum absolute atomic E-state index is 0.0566. The van der Waals surface area contributed by atoms with Crippen molar-refractivity contribution in [1.82, 2.24) is 47.2 Å². The number of nitrogens with two attached hydrogens (primary N) is 4. The standard InChI is InChI=1S/C39H70N14O11S/c1-6-20(4)28(41)35(60)52-29(19(2)3)36(61)51-27(17-65)34(59)49-25(14-22-15-44-18-46-22)32(57)50-26(16-54)33(58)47-23(10-7-8-12-40)31(56)53-30(21(5)55)37(62)48-24(38(63)64)11-9-13-45-39(42)43/h15,18-21,23-30,54-55,65H,6-14,16-17,40-41H2,1-5H3,(H,44,46)(H,47,58)(H,48,62)(H,49,59)(H,50,57)(H,51,61)(H,52,60)(H,53,56)(H,63,64)(H4,42,43,45)/t20-,21+,23-,24-,25-,26-,27-,28-,29-,30-/m0/s1. The first-order valence-electron chi connectivity index (χ1n) is 21.3. The van der Waals surface area contributed by atoms with Gasteiger partial charge in [-0.05, 0) is 57.4 Å². The molecule has 19 N–H and O–H groups in total. The van der Waals surface area contributed by atoms with Crippen LogP contribution in [-0.4, -0.2) is 158 Å². The van der Waals surface area contributed by atoms with E-state index in [1.165, 1.54) is 19.4 Å². The summed E-state index contributed by atoms with van der Waals surface area (Å²) in [7, 11) is 0. The zero-order valence-electron chi connectivity index (χ0n) is 37.5. The summed E-state index contributed by atoms with van der Waals surface area (Å²) in [5.41, 5.74) is 22.6. The van der Waals surface area contributed by atoms with Gasteiger partial charge in [-0.2, -0.15) is 12.6 Å². The van der Waals surface area contributed by atoms with Crippen LogP contribution in [0, 0.1) is 11.8 Å². The Labute approximate surface area is 383 Å². The van der Waals surface area contributed by atoms with E-state index < -0.39 is 114 Å². The largest absolute Gasteiger partial charge is 0.480 e. The highest BCUT2D eigenvalue weighted by atomic mass is 32.1. The third-order valence-electron chi connectivity index (χ3n) is 10.3. The van der Waals surface area contributed by atoms with Crippen molar-refractivity contribution in [1.29, 1.82) is 0 Å². The fourth-order valence-electron chi connectivity index (χ4n) is 6.03. The molecule has 10 atom stereocenters. The summed E-state index contributed by atoms with van der Waals surface area (Å²) in [5, 5.41) is 47.5. The van der Waals surface area contributed by atoms with Gasteiger partial charge in [-0.25, -0.2) is 9.78 Å². The van der Waals surface area contributed by atoms with E-state index in [0.29, 0.717) is 18.5 Å². The smallest absolute Gasteiger partial charge is 0.326 e. The molecule has 1 heterocycles. The first kappa shape index (κ1) is 57.4. The number of aliphatic hydroxyl groups excluding tert-OH is 2. The highest BCUT2D eigenvalue weighted by Crippen LogP contribution is 2.10. The number of nitrogens with one attached hydrogen (secondary N) is 8. The second-order valence-corrected chi connectivity index (χ2v) is 16.3. The lowest BCUT2D eigenvalue weighted by atomic mass is 9.97. The number of aliphatic hydroxyl groups is 2. The zero-order valence-corrected chi connectivity index (χ0v) is 38.4. The molecule has 0 saturated carbocycles. The number of aromatic amines is 1. The first-order valence-corrected chi connectivity index (χ1v) is 22.0. The Morgan fingerprint density at radius 1 is 0.738 bits per heavy atom. The second kappa shape index (κ2) is 29.8. The van der Waals surface area contributed by atoms with Crippen molar-refractivity contribution in [2.45, 2.75) is 134 Å². The van der Waals surface area contributed by atoms with Gasteiger partial charge in [-0.3, -0.25) is 38.6 Å². The normalized spacial score (nSPS) is 15.8. The molecule has 0 aliphatic rings. The number of aliphatic carboxylic acids is 1. The van der Waals surface area contributed by atoms with Crippen LogP contribution in [0.3, 0.4) is 0 Å². The van der Waals surface area contributed by atoms with E-state index >= 15 is 0 Å². The van der Waals surface area contributed by atoms with Crippen LogP contribution >= 0.6 is 12.6 Å². The molecular weight excluding hydrogens is 873 g/mol. The number of imidazole rings is 1. The number of carboxylic acid groups (broad SMARTS) is 1. The van der Waals surface area contributed by atoms with Crippen LogP contribution in [0.1, 0.15) is 78.8 Å². The lowest BCUT2D eigenvalue weighted by Crippen LogP contribution is -2.62. The third kappa shape index (κ3) is 20.4. The van der Waals surface area contributed by atoms with Crippen molar-refractivity contribution >= 4 is 65.9 Å². The molecule has 1 aromatic rings. The van der Waals surface area contributed by atoms with Crippen LogP contribution in [-0.2, 0) is 44.8 Å². The van der Waals surface area contributed by atoms with Crippen LogP contribution in [0.25, 0.3) is 0 Å². The number of carbonyl (C=O) groups is 8. The summed E-state index contributed by atoms with van der Waals surface area (Å²) in [5.74, 6) is -8.61. The Balaban J connectivity index is 3.26. The van der Waals surface area contributed by atoms with Crippen molar-refractivity contribution in [3.8, 4) is 0 Å². The van der Waals surface area contributed by atoms with Crippen molar-refractivity contribution < 1.29 is 53.7 Å². The van der Waals surface area contributed by atoms with Gasteiger partial charge in [0.2, 0.25) is 41.4 Å². The number of aromatic nitrogens is 2. The molecule has 1 aromatic heterocycles. The molecule has 0 unspecified atom stereocenters. The number of rotatable bonds is 31. The Kier molecular flexibility index (Phi) is 26.3. The highest BCUT2D eigenvalue weighted by Gasteiger charge is 2.36. The fraction of sp³-hybridized carbons (Fsp3) is 0.692. The molecule has 1 rings (SSSR count). The predicted molar refractivity (Wildman–Crippen MR) is 241 cm³/mol. The van der Waals surface area contributed by atoms with Gasteiger partial charge in [0.25, 0.3) is 0 Å². The van der Waals surface area contributed by atoms with E-state index in [4.69, 9.17) is 22.9 Å². The average molecular weight is 943 g/mol. The quantitative estimate of drug-likeness (QED) is 0.0143. The zero-order chi connectivity index (χ0) is 49.4. The number of unbranched alkanes of at least 4 members (excludes halogenated alkanes) is 1. The first-order chi connectivity index (χ1) is 30.6. The average Bonchev–Trinajstić information content (AvgIpc) is 3.77. The van der Waals surface area contributed by atoms with Gasteiger partial charge in [0, 0.05) is 30.6 Å². The SMILES string of the molecule is CC[C@H](C)[C@H](N)C(=O)N[C@H](C(=O)N[C@@H](CS)C(=O)N[C@@H](Cc1cnc[nH]1)C(=O)N[C@@H](CO)C(=O)N[C@@H](CCCCN)C(=O)N[C@H](C(=O)N[C@@H](CCCN=C(N)N)C(=O)O)[C@@H](C)O)C(C)C. The van der Waals surface area contributed by atoms with E-state index in [1.54, 1.807) is 20.8 Å². The number of H-pyrrole nitrogens is 1. The van der Waals surface area contributed by atoms with Gasteiger partial charge in [0.05, 0.1) is 25.1 Å². The monoisotopic (exact) mass is 943 g/mol. The predicted octanol–water partition coefficient (Wildman–Crippen LogP) is -5.05. The van der Waals surface area contributed by atoms with Crippen molar-refractivity contribution in [2.24, 2.45) is 39.8 Å². The molecule has 0 bridgehead atoms. The van der Waals surface area contributed by atoms with E-state index in [9.17, 15) is 53.7 Å². The van der Waals surface area contributed by atoms with Crippen LogP contribution in [0.5, 0.6) is 0 Å². The number of guanidine groups is 1. The number of nitrogens with zero attached hydrogens (tertiary/aromatic N) is 2. The van der Waals surface area contributed by atoms with Gasteiger partial charge in [-0.1, -0.05) is 34.1 Å². The Hall–Kier alpha value is -5.57. The number of carbonyl (C=O) groups excluding carboxylic acids is 7. The molecule has 7 amide bonds. The second-order valence-electron chi connectivity index (χ2n) is 15.9. The lowest BCUT2D eigenvalue weighted by molar-refractivity contribution is -0.143. The molecule has 0 aromatic carbocycles. The van der Waals surface area contributed by atoms with Crippen molar-refractivity contribution in [3.05, 3.63) is 18.2 Å². The summed E-state index contributed by atoms with van der Waals surface area (Å²) in [4.78, 5) is 117. The number of aliphatic imine (C=N–C) groups is 1. The van der Waals surface area contributed by atoms with E-state index in [2.05, 4.69) is 64.8 Å². The maximum atomic E-state index is 13.8. The number of carboxylic acids is 1. The number of hydrogen-bond donors (Lipinski definition) is 16. The van der Waals surface area contributed by atoms with Gasteiger partial charge in [0.15, 0.2) is 5.96 Å². The summed E-state index contributed by atoms with van der Waals surface area (Å²) >= 11 is 4.22. The van der Waals surface area contributed by atoms with Crippen LogP contribution in [0.4, 0.5) is 0 Å². The molecule has 0 radical (unpaired) electrons.